The summed E-state index contributed by atoms with van der Waals surface area (Å²) in [7, 11) is 0. The van der Waals surface area contributed by atoms with E-state index < -0.39 is 0 Å². The number of imidazole rings is 1. The Balaban J connectivity index is 1.63. The molecule has 0 fully saturated rings. The van der Waals surface area contributed by atoms with Crippen molar-refractivity contribution in [2.45, 2.75) is 13.8 Å². The van der Waals surface area contributed by atoms with Gasteiger partial charge in [-0.1, -0.05) is 18.2 Å². The van der Waals surface area contributed by atoms with Crippen molar-refractivity contribution < 1.29 is 4.79 Å². The number of fused-ring (bicyclic) bond motifs is 1. The van der Waals surface area contributed by atoms with Gasteiger partial charge in [-0.3, -0.25) is 4.79 Å². The van der Waals surface area contributed by atoms with Gasteiger partial charge in [0.05, 0.1) is 16.4 Å². The summed E-state index contributed by atoms with van der Waals surface area (Å²) in [6, 6.07) is 13.6. The second-order valence-corrected chi connectivity index (χ2v) is 6.98. The SMILES string of the molecule is Cc1nc(C)c(C(=O)Nc2cccc(-c3cn4ccccc4n3)c2)s1. The molecule has 1 N–H and O–H groups in total. The Morgan fingerprint density at radius 1 is 1.12 bits per heavy atom. The van der Waals surface area contributed by atoms with Crippen LogP contribution in [0.3, 0.4) is 0 Å². The Morgan fingerprint density at radius 3 is 2.76 bits per heavy atom. The molecule has 0 spiro atoms. The number of anilines is 1. The van der Waals surface area contributed by atoms with Crippen LogP contribution >= 0.6 is 11.3 Å². The molecule has 4 aromatic rings. The van der Waals surface area contributed by atoms with E-state index in [0.717, 1.165) is 33.3 Å². The lowest BCUT2D eigenvalue weighted by atomic mass is 10.1. The highest BCUT2D eigenvalue weighted by Crippen LogP contribution is 2.24. The van der Waals surface area contributed by atoms with Crippen LogP contribution in [0.2, 0.25) is 0 Å². The van der Waals surface area contributed by atoms with Crippen LogP contribution < -0.4 is 5.32 Å². The average Bonchev–Trinajstić information content (AvgIpc) is 3.18. The highest BCUT2D eigenvalue weighted by Gasteiger charge is 2.14. The van der Waals surface area contributed by atoms with E-state index in [-0.39, 0.29) is 5.91 Å². The van der Waals surface area contributed by atoms with Crippen LogP contribution in [0.25, 0.3) is 16.9 Å². The molecule has 0 bridgehead atoms. The van der Waals surface area contributed by atoms with Gasteiger partial charge in [-0.15, -0.1) is 11.3 Å². The molecule has 0 aliphatic heterocycles. The maximum absolute atomic E-state index is 12.5. The lowest BCUT2D eigenvalue weighted by Crippen LogP contribution is -2.11. The molecule has 1 amide bonds. The topological polar surface area (TPSA) is 59.3 Å². The molecule has 4 rings (SSSR count). The maximum atomic E-state index is 12.5. The van der Waals surface area contributed by atoms with Crippen molar-refractivity contribution in [3.05, 3.63) is 70.4 Å². The summed E-state index contributed by atoms with van der Waals surface area (Å²) in [5.41, 5.74) is 4.22. The van der Waals surface area contributed by atoms with Crippen molar-refractivity contribution in [3.63, 3.8) is 0 Å². The number of carbonyl (C=O) groups excluding carboxylic acids is 1. The van der Waals surface area contributed by atoms with Crippen molar-refractivity contribution in [2.75, 3.05) is 5.32 Å². The van der Waals surface area contributed by atoms with Gasteiger partial charge in [0, 0.05) is 23.6 Å². The predicted molar refractivity (Wildman–Crippen MR) is 100 cm³/mol. The van der Waals surface area contributed by atoms with Crippen LogP contribution in [0.5, 0.6) is 0 Å². The number of aromatic nitrogens is 3. The van der Waals surface area contributed by atoms with Crippen molar-refractivity contribution >= 4 is 28.6 Å². The van der Waals surface area contributed by atoms with Crippen LogP contribution in [-0.4, -0.2) is 20.3 Å². The van der Waals surface area contributed by atoms with E-state index in [9.17, 15) is 4.79 Å². The fourth-order valence-corrected chi connectivity index (χ4v) is 3.57. The lowest BCUT2D eigenvalue weighted by molar-refractivity contribution is 0.103. The number of thiazole rings is 1. The Labute approximate surface area is 149 Å². The van der Waals surface area contributed by atoms with Gasteiger partial charge in [-0.25, -0.2) is 9.97 Å². The number of hydrogen-bond donors (Lipinski definition) is 1. The summed E-state index contributed by atoms with van der Waals surface area (Å²) >= 11 is 1.41. The van der Waals surface area contributed by atoms with Gasteiger partial charge in [-0.05, 0) is 38.1 Å². The smallest absolute Gasteiger partial charge is 0.267 e. The van der Waals surface area contributed by atoms with Gasteiger partial charge in [0.1, 0.15) is 10.5 Å². The van der Waals surface area contributed by atoms with Crippen LogP contribution in [-0.2, 0) is 0 Å². The summed E-state index contributed by atoms with van der Waals surface area (Å²) in [5, 5.41) is 3.84. The molecule has 0 saturated heterocycles. The molecule has 6 heteroatoms. The Kier molecular flexibility index (Phi) is 3.82. The summed E-state index contributed by atoms with van der Waals surface area (Å²) in [5.74, 6) is -0.129. The van der Waals surface area contributed by atoms with Gasteiger partial charge in [0.15, 0.2) is 0 Å². The second-order valence-electron chi connectivity index (χ2n) is 5.77. The summed E-state index contributed by atoms with van der Waals surface area (Å²) in [4.78, 5) is 22.1. The zero-order valence-electron chi connectivity index (χ0n) is 13.9. The number of rotatable bonds is 3. The molecular formula is C19H16N4OS. The Morgan fingerprint density at radius 2 is 2.00 bits per heavy atom. The van der Waals surface area contributed by atoms with Crippen LogP contribution in [0.4, 0.5) is 5.69 Å². The van der Waals surface area contributed by atoms with E-state index >= 15 is 0 Å². The Bertz CT molecular complexity index is 1050. The first-order valence-corrected chi connectivity index (χ1v) is 8.71. The van der Waals surface area contributed by atoms with Crippen molar-refractivity contribution in [1.29, 1.82) is 0 Å². The van der Waals surface area contributed by atoms with Gasteiger partial charge in [0.25, 0.3) is 5.91 Å². The molecule has 0 aliphatic rings. The summed E-state index contributed by atoms with van der Waals surface area (Å²) < 4.78 is 1.98. The van der Waals surface area contributed by atoms with E-state index in [1.54, 1.807) is 0 Å². The van der Waals surface area contributed by atoms with E-state index in [1.165, 1.54) is 11.3 Å². The zero-order chi connectivity index (χ0) is 17.4. The first-order valence-electron chi connectivity index (χ1n) is 7.90. The zero-order valence-corrected chi connectivity index (χ0v) is 14.7. The number of carbonyl (C=O) groups is 1. The van der Waals surface area contributed by atoms with Gasteiger partial charge in [0.2, 0.25) is 0 Å². The number of nitrogens with one attached hydrogen (secondary N) is 1. The average molecular weight is 348 g/mol. The molecular weight excluding hydrogens is 332 g/mol. The monoisotopic (exact) mass is 348 g/mol. The maximum Gasteiger partial charge on any atom is 0.267 e. The molecule has 3 heterocycles. The van der Waals surface area contributed by atoms with Gasteiger partial charge < -0.3 is 9.72 Å². The van der Waals surface area contributed by atoms with Crippen molar-refractivity contribution in [2.24, 2.45) is 0 Å². The fraction of sp³-hybridized carbons (Fsp3) is 0.105. The van der Waals surface area contributed by atoms with E-state index in [1.807, 2.05) is 73.1 Å². The number of benzene rings is 1. The molecule has 0 atom stereocenters. The molecule has 0 unspecified atom stereocenters. The van der Waals surface area contributed by atoms with Crippen molar-refractivity contribution in [1.82, 2.24) is 14.4 Å². The quantitative estimate of drug-likeness (QED) is 0.599. The third-order valence-electron chi connectivity index (χ3n) is 3.89. The minimum atomic E-state index is -0.129. The fourth-order valence-electron chi connectivity index (χ4n) is 2.76. The molecule has 0 saturated carbocycles. The number of hydrogen-bond acceptors (Lipinski definition) is 4. The van der Waals surface area contributed by atoms with Gasteiger partial charge in [-0.2, -0.15) is 0 Å². The van der Waals surface area contributed by atoms with Gasteiger partial charge >= 0.3 is 0 Å². The van der Waals surface area contributed by atoms with Crippen LogP contribution in [0.15, 0.2) is 54.9 Å². The third-order valence-corrected chi connectivity index (χ3v) is 4.96. The molecule has 0 radical (unpaired) electrons. The molecule has 3 aromatic heterocycles. The molecule has 0 aliphatic carbocycles. The highest BCUT2D eigenvalue weighted by molar-refractivity contribution is 7.13. The first kappa shape index (κ1) is 15.5. The number of pyridine rings is 1. The highest BCUT2D eigenvalue weighted by atomic mass is 32.1. The molecule has 5 nitrogen and oxygen atoms in total. The number of nitrogens with zero attached hydrogens (tertiary/aromatic N) is 3. The normalized spacial score (nSPS) is 11.0. The third kappa shape index (κ3) is 3.04. The summed E-state index contributed by atoms with van der Waals surface area (Å²) in [6.07, 6.45) is 3.94. The minimum absolute atomic E-state index is 0.129. The van der Waals surface area contributed by atoms with Crippen LogP contribution in [0.1, 0.15) is 20.4 Å². The minimum Gasteiger partial charge on any atom is -0.321 e. The second kappa shape index (κ2) is 6.14. The van der Waals surface area contributed by atoms with E-state index in [0.29, 0.717) is 4.88 Å². The van der Waals surface area contributed by atoms with E-state index in [2.05, 4.69) is 15.3 Å². The lowest BCUT2D eigenvalue weighted by Gasteiger charge is -2.05. The number of amides is 1. The number of aryl methyl sites for hydroxylation is 2. The summed E-state index contributed by atoms with van der Waals surface area (Å²) in [6.45, 7) is 3.75. The van der Waals surface area contributed by atoms with Crippen molar-refractivity contribution in [3.8, 4) is 11.3 Å². The largest absolute Gasteiger partial charge is 0.321 e. The molecule has 1 aromatic carbocycles. The van der Waals surface area contributed by atoms with E-state index in [4.69, 9.17) is 0 Å². The first-order chi connectivity index (χ1) is 12.1. The predicted octanol–water partition coefficient (Wildman–Crippen LogP) is 4.33. The molecule has 25 heavy (non-hydrogen) atoms. The van der Waals surface area contributed by atoms with Crippen LogP contribution in [0, 0.1) is 13.8 Å². The standard InChI is InChI=1S/C19H16N4OS/c1-12-18(25-13(2)20-12)19(24)21-15-7-5-6-14(10-15)16-11-23-9-4-3-8-17(23)22-16/h3-11H,1-2H3,(H,21,24). The molecule has 124 valence electrons. The Hall–Kier alpha value is -2.99.